The summed E-state index contributed by atoms with van der Waals surface area (Å²) in [5.41, 5.74) is 0.460. The Labute approximate surface area is 120 Å². The molecule has 112 valence electrons. The molecule has 0 heterocycles. The molecule has 2 aliphatic rings. The monoisotopic (exact) mass is 266 g/mol. The van der Waals surface area contributed by atoms with Gasteiger partial charge in [-0.1, -0.05) is 27.2 Å². The molecule has 0 aromatic carbocycles. The van der Waals surface area contributed by atoms with Crippen molar-refractivity contribution < 1.29 is 0 Å². The average Bonchev–Trinajstić information content (AvgIpc) is 2.88. The van der Waals surface area contributed by atoms with Crippen LogP contribution in [0.1, 0.15) is 52.9 Å². The third kappa shape index (κ3) is 5.07. The summed E-state index contributed by atoms with van der Waals surface area (Å²) in [6, 6.07) is 0. The number of likely N-dealkylation sites (N-methyl/N-ethyl adjacent to an activating group) is 1. The summed E-state index contributed by atoms with van der Waals surface area (Å²) in [7, 11) is 2.30. The van der Waals surface area contributed by atoms with Crippen LogP contribution in [-0.2, 0) is 0 Å². The first kappa shape index (κ1) is 15.3. The number of rotatable bonds is 7. The summed E-state index contributed by atoms with van der Waals surface area (Å²) in [4.78, 5) is 2.55. The standard InChI is InChI=1S/C17H34N2/c1-17(2,3)7-8-18-9-10-19(4)13-16-12-14-5-6-15(16)11-14/h14-16,18H,5-13H2,1-4H3. The Morgan fingerprint density at radius 2 is 1.89 bits per heavy atom. The fourth-order valence-corrected chi connectivity index (χ4v) is 3.95. The fraction of sp³-hybridized carbons (Fsp3) is 1.00. The second kappa shape index (κ2) is 6.58. The quantitative estimate of drug-likeness (QED) is 0.711. The Balaban J connectivity index is 1.52. The lowest BCUT2D eigenvalue weighted by Gasteiger charge is -2.27. The number of hydrogen-bond acceptors (Lipinski definition) is 2. The zero-order chi connectivity index (χ0) is 13.9. The Kier molecular flexibility index (Phi) is 5.30. The summed E-state index contributed by atoms with van der Waals surface area (Å²) in [5, 5.41) is 3.59. The summed E-state index contributed by atoms with van der Waals surface area (Å²) in [6.07, 6.45) is 7.38. The first-order valence-electron chi connectivity index (χ1n) is 8.33. The van der Waals surface area contributed by atoms with E-state index in [1.54, 1.807) is 6.42 Å². The van der Waals surface area contributed by atoms with Gasteiger partial charge in [-0.05, 0) is 62.4 Å². The van der Waals surface area contributed by atoms with Gasteiger partial charge in [-0.2, -0.15) is 0 Å². The zero-order valence-electron chi connectivity index (χ0n) is 13.5. The summed E-state index contributed by atoms with van der Waals surface area (Å²) < 4.78 is 0. The van der Waals surface area contributed by atoms with Gasteiger partial charge in [0.25, 0.3) is 0 Å². The van der Waals surface area contributed by atoms with Crippen molar-refractivity contribution in [3.05, 3.63) is 0 Å². The molecule has 1 N–H and O–H groups in total. The molecule has 0 amide bonds. The molecule has 3 unspecified atom stereocenters. The highest BCUT2D eigenvalue weighted by atomic mass is 15.1. The minimum atomic E-state index is 0.460. The van der Waals surface area contributed by atoms with E-state index in [9.17, 15) is 0 Å². The van der Waals surface area contributed by atoms with Crippen LogP contribution in [0.2, 0.25) is 0 Å². The maximum Gasteiger partial charge on any atom is 0.0104 e. The number of nitrogens with one attached hydrogen (secondary N) is 1. The van der Waals surface area contributed by atoms with Crippen molar-refractivity contribution in [3.63, 3.8) is 0 Å². The molecule has 0 aromatic heterocycles. The number of hydrogen-bond donors (Lipinski definition) is 1. The normalized spacial score (nSPS) is 30.5. The lowest BCUT2D eigenvalue weighted by molar-refractivity contribution is 0.219. The highest BCUT2D eigenvalue weighted by molar-refractivity contribution is 4.90. The smallest absolute Gasteiger partial charge is 0.0104 e. The lowest BCUT2D eigenvalue weighted by atomic mass is 9.88. The average molecular weight is 266 g/mol. The van der Waals surface area contributed by atoms with E-state index in [1.165, 1.54) is 38.8 Å². The number of nitrogens with zero attached hydrogens (tertiary/aromatic N) is 1. The van der Waals surface area contributed by atoms with Gasteiger partial charge in [0.2, 0.25) is 0 Å². The molecule has 0 spiro atoms. The van der Waals surface area contributed by atoms with Crippen LogP contribution >= 0.6 is 0 Å². The molecule has 2 rings (SSSR count). The van der Waals surface area contributed by atoms with Crippen molar-refractivity contribution in [1.29, 1.82) is 0 Å². The summed E-state index contributed by atoms with van der Waals surface area (Å²) >= 11 is 0. The summed E-state index contributed by atoms with van der Waals surface area (Å²) in [5.74, 6) is 3.17. The highest BCUT2D eigenvalue weighted by Gasteiger charge is 2.39. The molecular formula is C17H34N2. The van der Waals surface area contributed by atoms with Crippen LogP contribution in [0.4, 0.5) is 0 Å². The van der Waals surface area contributed by atoms with Crippen LogP contribution in [0, 0.1) is 23.2 Å². The minimum Gasteiger partial charge on any atom is -0.315 e. The van der Waals surface area contributed by atoms with Crippen LogP contribution in [0.15, 0.2) is 0 Å². The van der Waals surface area contributed by atoms with Gasteiger partial charge in [-0.15, -0.1) is 0 Å². The van der Waals surface area contributed by atoms with Crippen molar-refractivity contribution in [1.82, 2.24) is 10.2 Å². The van der Waals surface area contributed by atoms with Crippen molar-refractivity contribution in [3.8, 4) is 0 Å². The van der Waals surface area contributed by atoms with E-state index < -0.39 is 0 Å². The van der Waals surface area contributed by atoms with Crippen LogP contribution in [-0.4, -0.2) is 38.1 Å². The molecule has 3 atom stereocenters. The lowest BCUT2D eigenvalue weighted by Crippen LogP contribution is -2.35. The van der Waals surface area contributed by atoms with Gasteiger partial charge < -0.3 is 10.2 Å². The van der Waals surface area contributed by atoms with E-state index in [-0.39, 0.29) is 0 Å². The van der Waals surface area contributed by atoms with E-state index in [4.69, 9.17) is 0 Å². The van der Waals surface area contributed by atoms with Crippen LogP contribution < -0.4 is 5.32 Å². The SMILES string of the molecule is CN(CCNCCC(C)(C)C)CC1CC2CCC1C2. The van der Waals surface area contributed by atoms with E-state index in [2.05, 4.69) is 38.0 Å². The van der Waals surface area contributed by atoms with Crippen LogP contribution in [0.25, 0.3) is 0 Å². The van der Waals surface area contributed by atoms with Gasteiger partial charge >= 0.3 is 0 Å². The molecule has 2 bridgehead atoms. The fourth-order valence-electron chi connectivity index (χ4n) is 3.95. The molecule has 0 aliphatic heterocycles. The molecule has 2 aliphatic carbocycles. The Morgan fingerprint density at radius 1 is 1.11 bits per heavy atom. The molecular weight excluding hydrogens is 232 g/mol. The second-order valence-electron chi connectivity index (χ2n) is 8.26. The van der Waals surface area contributed by atoms with Gasteiger partial charge in [0.15, 0.2) is 0 Å². The molecule has 2 fully saturated rings. The Bertz CT molecular complexity index is 269. The van der Waals surface area contributed by atoms with Gasteiger partial charge in [0, 0.05) is 19.6 Å². The van der Waals surface area contributed by atoms with E-state index in [0.29, 0.717) is 5.41 Å². The van der Waals surface area contributed by atoms with Crippen LogP contribution in [0.3, 0.4) is 0 Å². The van der Waals surface area contributed by atoms with Gasteiger partial charge in [0.1, 0.15) is 0 Å². The zero-order valence-corrected chi connectivity index (χ0v) is 13.5. The largest absolute Gasteiger partial charge is 0.315 e. The topological polar surface area (TPSA) is 15.3 Å². The molecule has 0 aromatic rings. The van der Waals surface area contributed by atoms with Gasteiger partial charge in [0.05, 0.1) is 0 Å². The maximum absolute atomic E-state index is 3.59. The minimum absolute atomic E-state index is 0.460. The molecule has 19 heavy (non-hydrogen) atoms. The van der Waals surface area contributed by atoms with Gasteiger partial charge in [-0.3, -0.25) is 0 Å². The first-order valence-corrected chi connectivity index (χ1v) is 8.33. The van der Waals surface area contributed by atoms with Crippen molar-refractivity contribution in [2.45, 2.75) is 52.9 Å². The first-order chi connectivity index (χ1) is 8.94. The number of fused-ring (bicyclic) bond motifs is 2. The van der Waals surface area contributed by atoms with E-state index in [1.807, 2.05) is 0 Å². The third-order valence-electron chi connectivity index (χ3n) is 5.15. The molecule has 0 saturated heterocycles. The predicted molar refractivity (Wildman–Crippen MR) is 83.4 cm³/mol. The summed E-state index contributed by atoms with van der Waals surface area (Å²) in [6.45, 7) is 11.8. The molecule has 2 saturated carbocycles. The second-order valence-corrected chi connectivity index (χ2v) is 8.26. The van der Waals surface area contributed by atoms with Crippen LogP contribution in [0.5, 0.6) is 0 Å². The maximum atomic E-state index is 3.59. The van der Waals surface area contributed by atoms with E-state index in [0.717, 1.165) is 30.8 Å². The Hall–Kier alpha value is -0.0800. The Morgan fingerprint density at radius 3 is 2.47 bits per heavy atom. The van der Waals surface area contributed by atoms with Crippen molar-refractivity contribution in [2.75, 3.05) is 33.2 Å². The molecule has 0 radical (unpaired) electrons. The molecule has 2 nitrogen and oxygen atoms in total. The van der Waals surface area contributed by atoms with E-state index >= 15 is 0 Å². The van der Waals surface area contributed by atoms with Crippen molar-refractivity contribution in [2.24, 2.45) is 23.2 Å². The van der Waals surface area contributed by atoms with Crippen molar-refractivity contribution >= 4 is 0 Å². The molecule has 2 heteroatoms. The van der Waals surface area contributed by atoms with Gasteiger partial charge in [-0.25, -0.2) is 0 Å². The highest BCUT2D eigenvalue weighted by Crippen LogP contribution is 2.48. The predicted octanol–water partition coefficient (Wildman–Crippen LogP) is 3.38. The third-order valence-corrected chi connectivity index (χ3v) is 5.15.